The van der Waals surface area contributed by atoms with Crippen LogP contribution in [0.15, 0.2) is 41.0 Å². The van der Waals surface area contributed by atoms with Crippen LogP contribution in [0, 0.1) is 5.92 Å². The van der Waals surface area contributed by atoms with Crippen LogP contribution in [0.5, 0.6) is 0 Å². The van der Waals surface area contributed by atoms with Gasteiger partial charge >= 0.3 is 0 Å². The van der Waals surface area contributed by atoms with Gasteiger partial charge in [-0.2, -0.15) is 0 Å². The molecule has 110 valence electrons. The van der Waals surface area contributed by atoms with Crippen molar-refractivity contribution in [1.82, 2.24) is 0 Å². The fourth-order valence-electron chi connectivity index (χ4n) is 1.62. The molecule has 2 N–H and O–H groups in total. The van der Waals surface area contributed by atoms with Crippen LogP contribution in [0.4, 0.5) is 11.4 Å². The Kier molecular flexibility index (Phi) is 4.65. The SMILES string of the molecule is CC(C)C(=O)Nc1cccc(NC(=O)c2ccoc2Cl)c1. The fourth-order valence-corrected chi connectivity index (χ4v) is 1.82. The number of benzene rings is 1. The minimum absolute atomic E-state index is 0.0387. The molecule has 0 aliphatic carbocycles. The second kappa shape index (κ2) is 6.45. The Balaban J connectivity index is 2.09. The average Bonchev–Trinajstić information content (AvgIpc) is 2.85. The van der Waals surface area contributed by atoms with Crippen LogP contribution in [0.3, 0.4) is 0 Å². The lowest BCUT2D eigenvalue weighted by Crippen LogP contribution is -2.18. The Morgan fingerprint density at radius 1 is 1.14 bits per heavy atom. The lowest BCUT2D eigenvalue weighted by atomic mass is 10.2. The predicted octanol–water partition coefficient (Wildman–Crippen LogP) is 3.78. The summed E-state index contributed by atoms with van der Waals surface area (Å²) in [5, 5.41) is 5.50. The van der Waals surface area contributed by atoms with E-state index in [1.54, 1.807) is 24.3 Å². The van der Waals surface area contributed by atoms with Crippen molar-refractivity contribution in [3.63, 3.8) is 0 Å². The maximum atomic E-state index is 12.0. The van der Waals surface area contributed by atoms with Gasteiger partial charge in [0.1, 0.15) is 0 Å². The van der Waals surface area contributed by atoms with Crippen LogP contribution in [0.25, 0.3) is 0 Å². The van der Waals surface area contributed by atoms with Gasteiger partial charge in [-0.3, -0.25) is 9.59 Å². The minimum Gasteiger partial charge on any atom is -0.452 e. The summed E-state index contributed by atoms with van der Waals surface area (Å²) in [6.45, 7) is 3.61. The van der Waals surface area contributed by atoms with E-state index in [-0.39, 0.29) is 28.5 Å². The number of rotatable bonds is 4. The zero-order valence-electron chi connectivity index (χ0n) is 11.6. The second-order valence-corrected chi connectivity index (χ2v) is 5.13. The smallest absolute Gasteiger partial charge is 0.260 e. The van der Waals surface area contributed by atoms with Crippen LogP contribution >= 0.6 is 11.6 Å². The van der Waals surface area contributed by atoms with E-state index in [0.717, 1.165) is 0 Å². The molecule has 6 heteroatoms. The van der Waals surface area contributed by atoms with Gasteiger partial charge in [0.25, 0.3) is 5.91 Å². The molecule has 0 aliphatic rings. The molecule has 5 nitrogen and oxygen atoms in total. The molecular weight excluding hydrogens is 292 g/mol. The van der Waals surface area contributed by atoms with Gasteiger partial charge in [0.2, 0.25) is 11.1 Å². The van der Waals surface area contributed by atoms with Crippen molar-refractivity contribution >= 4 is 34.8 Å². The van der Waals surface area contributed by atoms with E-state index in [1.165, 1.54) is 12.3 Å². The summed E-state index contributed by atoms with van der Waals surface area (Å²) in [6, 6.07) is 8.37. The number of carbonyl (C=O) groups is 2. The minimum atomic E-state index is -0.374. The first-order valence-electron chi connectivity index (χ1n) is 6.42. The highest BCUT2D eigenvalue weighted by atomic mass is 35.5. The molecule has 0 saturated carbocycles. The zero-order valence-corrected chi connectivity index (χ0v) is 12.4. The molecule has 2 aromatic rings. The summed E-state index contributed by atoms with van der Waals surface area (Å²) in [4.78, 5) is 23.6. The Morgan fingerprint density at radius 2 is 1.81 bits per heavy atom. The molecule has 0 spiro atoms. The van der Waals surface area contributed by atoms with Gasteiger partial charge < -0.3 is 15.1 Å². The lowest BCUT2D eigenvalue weighted by Gasteiger charge is -2.10. The van der Waals surface area contributed by atoms with Crippen molar-refractivity contribution in [1.29, 1.82) is 0 Å². The number of anilines is 2. The predicted molar refractivity (Wildman–Crippen MR) is 81.6 cm³/mol. The topological polar surface area (TPSA) is 71.3 Å². The van der Waals surface area contributed by atoms with Gasteiger partial charge in [-0.05, 0) is 35.9 Å². The number of carbonyl (C=O) groups excluding carboxylic acids is 2. The Labute approximate surface area is 127 Å². The van der Waals surface area contributed by atoms with Crippen molar-refractivity contribution in [2.45, 2.75) is 13.8 Å². The molecule has 0 bridgehead atoms. The van der Waals surface area contributed by atoms with E-state index >= 15 is 0 Å². The maximum Gasteiger partial charge on any atom is 0.260 e. The lowest BCUT2D eigenvalue weighted by molar-refractivity contribution is -0.118. The Bertz CT molecular complexity index is 664. The fraction of sp³-hybridized carbons (Fsp3) is 0.200. The molecule has 0 saturated heterocycles. The van der Waals surface area contributed by atoms with E-state index in [4.69, 9.17) is 16.0 Å². The summed E-state index contributed by atoms with van der Waals surface area (Å²) in [7, 11) is 0. The van der Waals surface area contributed by atoms with Crippen LogP contribution in [-0.2, 0) is 4.79 Å². The molecule has 0 radical (unpaired) electrons. The monoisotopic (exact) mass is 306 g/mol. The Morgan fingerprint density at radius 3 is 2.38 bits per heavy atom. The van der Waals surface area contributed by atoms with E-state index in [0.29, 0.717) is 11.4 Å². The number of amides is 2. The van der Waals surface area contributed by atoms with Crippen LogP contribution < -0.4 is 10.6 Å². The molecule has 0 unspecified atom stereocenters. The number of hydrogen-bond donors (Lipinski definition) is 2. The highest BCUT2D eigenvalue weighted by molar-refractivity contribution is 6.32. The molecule has 2 amide bonds. The quantitative estimate of drug-likeness (QED) is 0.903. The van der Waals surface area contributed by atoms with Gasteiger partial charge in [0.05, 0.1) is 11.8 Å². The summed E-state index contributed by atoms with van der Waals surface area (Å²) in [5.41, 5.74) is 1.43. The molecule has 1 aromatic carbocycles. The molecule has 0 atom stereocenters. The van der Waals surface area contributed by atoms with Crippen molar-refractivity contribution in [2.75, 3.05) is 10.6 Å². The average molecular weight is 307 g/mol. The number of hydrogen-bond acceptors (Lipinski definition) is 3. The molecule has 1 heterocycles. The molecule has 0 fully saturated rings. The van der Waals surface area contributed by atoms with E-state index < -0.39 is 0 Å². The highest BCUT2D eigenvalue weighted by Crippen LogP contribution is 2.20. The highest BCUT2D eigenvalue weighted by Gasteiger charge is 2.13. The van der Waals surface area contributed by atoms with Gasteiger partial charge in [0, 0.05) is 17.3 Å². The largest absolute Gasteiger partial charge is 0.452 e. The van der Waals surface area contributed by atoms with Gasteiger partial charge in [-0.25, -0.2) is 0 Å². The van der Waals surface area contributed by atoms with E-state index in [1.807, 2.05) is 13.8 Å². The third kappa shape index (κ3) is 3.86. The molecule has 2 rings (SSSR count). The van der Waals surface area contributed by atoms with Crippen molar-refractivity contribution in [3.8, 4) is 0 Å². The number of halogens is 1. The first-order valence-corrected chi connectivity index (χ1v) is 6.80. The van der Waals surface area contributed by atoms with Crippen molar-refractivity contribution in [2.24, 2.45) is 5.92 Å². The van der Waals surface area contributed by atoms with Crippen molar-refractivity contribution in [3.05, 3.63) is 47.4 Å². The third-order valence-electron chi connectivity index (χ3n) is 2.77. The first-order chi connectivity index (χ1) is 9.97. The van der Waals surface area contributed by atoms with E-state index in [9.17, 15) is 9.59 Å². The first kappa shape index (κ1) is 15.1. The second-order valence-electron chi connectivity index (χ2n) is 4.79. The summed E-state index contributed by atoms with van der Waals surface area (Å²) in [6.07, 6.45) is 1.34. The van der Waals surface area contributed by atoms with Gasteiger partial charge in [-0.1, -0.05) is 19.9 Å². The van der Waals surface area contributed by atoms with E-state index in [2.05, 4.69) is 10.6 Å². The maximum absolute atomic E-state index is 12.0. The van der Waals surface area contributed by atoms with Crippen LogP contribution in [0.2, 0.25) is 5.22 Å². The number of furan rings is 1. The number of nitrogens with one attached hydrogen (secondary N) is 2. The van der Waals surface area contributed by atoms with Crippen molar-refractivity contribution < 1.29 is 14.0 Å². The standard InChI is InChI=1S/C15H15ClN2O3/c1-9(2)14(19)17-10-4-3-5-11(8-10)18-15(20)12-6-7-21-13(12)16/h3-9H,1-2H3,(H,17,19)(H,18,20). The normalized spacial score (nSPS) is 10.5. The summed E-state index contributed by atoms with van der Waals surface area (Å²) >= 11 is 5.75. The summed E-state index contributed by atoms with van der Waals surface area (Å²) < 4.78 is 4.87. The Hall–Kier alpha value is -2.27. The summed E-state index contributed by atoms with van der Waals surface area (Å²) in [5.74, 6) is -0.578. The molecule has 0 aliphatic heterocycles. The molecule has 1 aromatic heterocycles. The molecular formula is C15H15ClN2O3. The van der Waals surface area contributed by atoms with Crippen LogP contribution in [-0.4, -0.2) is 11.8 Å². The van der Waals surface area contributed by atoms with Crippen LogP contribution in [0.1, 0.15) is 24.2 Å². The third-order valence-corrected chi connectivity index (χ3v) is 3.07. The molecule has 21 heavy (non-hydrogen) atoms. The zero-order chi connectivity index (χ0) is 15.4. The van der Waals surface area contributed by atoms with Gasteiger partial charge in [0.15, 0.2) is 0 Å². The van der Waals surface area contributed by atoms with Gasteiger partial charge in [-0.15, -0.1) is 0 Å².